The van der Waals surface area contributed by atoms with Crippen molar-refractivity contribution in [1.29, 1.82) is 0 Å². The number of halogens is 3. The fourth-order valence-electron chi connectivity index (χ4n) is 8.00. The largest absolute Gasteiger partial charge is 0.508 e. The van der Waals surface area contributed by atoms with Gasteiger partial charge in [0.15, 0.2) is 5.11 Å². The lowest BCUT2D eigenvalue weighted by Crippen LogP contribution is -2.20. The number of phenols is 2. The van der Waals surface area contributed by atoms with E-state index in [1.807, 2.05) is 169 Å². The van der Waals surface area contributed by atoms with E-state index in [9.17, 15) is 20.4 Å². The molecule has 0 amide bonds. The van der Waals surface area contributed by atoms with Gasteiger partial charge in [-0.05, 0) is 218 Å². The SMILES string of the molecule is C.ClCC1CO1.NC(N)=S.OC(CCl)COc1ccc(Sc2ccc(OCC(O)CCl)cc2)cc1.OCCS.OCCSCC(O)COc1ccc(Sc2ccc(OCC(O)CSCCO)cc2)cc1.Oc1ccc(Sc2ccc(O)cc2)cc1.SCCSC(CS)COc1ccc(Sc2ccc(OCC(CS)SCCS)cc2)cc1. The van der Waals surface area contributed by atoms with Crippen LogP contribution in [0.2, 0.25) is 0 Å². The first kappa shape index (κ1) is 109. The molecule has 0 spiro atoms. The van der Waals surface area contributed by atoms with Crippen LogP contribution in [0, 0.1) is 0 Å². The number of thioether (sulfide) groups is 4. The summed E-state index contributed by atoms with van der Waals surface area (Å²) in [5.41, 5.74) is 9.24. The number of aliphatic hydroxyl groups is 7. The first-order valence-electron chi connectivity index (χ1n) is 35.7. The minimum absolute atomic E-state index is 0. The second kappa shape index (κ2) is 70.4. The Morgan fingerprint density at radius 3 is 0.793 bits per heavy atom. The normalized spacial score (nSPS) is 13.1. The van der Waals surface area contributed by atoms with E-state index < -0.39 is 24.4 Å². The summed E-state index contributed by atoms with van der Waals surface area (Å²) in [6.07, 6.45) is -2.06. The zero-order valence-electron chi connectivity index (χ0n) is 63.1. The average Bonchev–Trinajstić information content (AvgIpc) is 0.900. The van der Waals surface area contributed by atoms with Gasteiger partial charge < -0.3 is 90.6 Å². The molecule has 644 valence electrons. The number of epoxide rings is 1. The molecule has 35 heteroatoms. The van der Waals surface area contributed by atoms with E-state index in [-0.39, 0.29) is 82.0 Å². The number of nitrogens with two attached hydrogens (primary N) is 2. The summed E-state index contributed by atoms with van der Waals surface area (Å²) >= 11 is 54.7. The number of benzene rings is 8. The molecule has 7 unspecified atom stereocenters. The predicted molar refractivity (Wildman–Crippen MR) is 516 cm³/mol. The molecule has 18 nitrogen and oxygen atoms in total. The minimum atomic E-state index is -0.665. The van der Waals surface area contributed by atoms with Crippen molar-refractivity contribution in [2.24, 2.45) is 11.5 Å². The fourth-order valence-corrected chi connectivity index (χ4v) is 15.8. The number of thiocarbonyl (C=S) groups is 1. The van der Waals surface area contributed by atoms with Gasteiger partial charge >= 0.3 is 0 Å². The Labute approximate surface area is 767 Å². The number of aliphatic hydroxyl groups excluding tert-OH is 7. The first-order chi connectivity index (χ1) is 55.7. The molecule has 0 bridgehead atoms. The maximum atomic E-state index is 9.86. The van der Waals surface area contributed by atoms with Crippen LogP contribution in [-0.4, -0.2) is 239 Å². The van der Waals surface area contributed by atoms with Crippen molar-refractivity contribution in [2.75, 3.05) is 147 Å². The van der Waals surface area contributed by atoms with Crippen LogP contribution in [0.5, 0.6) is 46.0 Å². The molecule has 13 N–H and O–H groups in total. The van der Waals surface area contributed by atoms with E-state index in [1.54, 1.807) is 71.3 Å². The van der Waals surface area contributed by atoms with Crippen molar-refractivity contribution in [3.63, 3.8) is 0 Å². The molecule has 0 saturated carbocycles. The lowest BCUT2D eigenvalue weighted by atomic mass is 10.3. The van der Waals surface area contributed by atoms with E-state index in [0.717, 1.165) is 82.0 Å². The van der Waals surface area contributed by atoms with Gasteiger partial charge in [-0.3, -0.25) is 0 Å². The Hall–Kier alpha value is -3.05. The molecule has 7 atom stereocenters. The molecule has 0 aliphatic carbocycles. The first-order valence-corrected chi connectivity index (χ1v) is 48.5. The van der Waals surface area contributed by atoms with Crippen LogP contribution in [0.3, 0.4) is 0 Å². The van der Waals surface area contributed by atoms with Gasteiger partial charge in [0.1, 0.15) is 97.8 Å². The van der Waals surface area contributed by atoms with Crippen LogP contribution in [0.15, 0.2) is 233 Å². The summed E-state index contributed by atoms with van der Waals surface area (Å²) in [5.74, 6) is 14.3. The number of rotatable bonds is 46. The van der Waals surface area contributed by atoms with E-state index >= 15 is 0 Å². The standard InChI is InChI=1S/C22H30O6S3.C22H30O2S7.C18H20Cl2O4S.C12H10O2S.C3H5ClO.C2H6OS.CH4N2S.CH4/c23-9-11-29-15-17(25)13-27-19-1-5-21(6-2-19)31-22-7-3-20(4-8-22)28-14-18(26)16-30-12-10-24;25-9-11-29-21(15-27)13-23-17-1-5-19(6-2-17)31-20-7-3-18(4-8-20)24-14-22(16-28)30-12-10-26;19-9-13(21)11-23-15-1-5-17(6-2-15)25-18-7-3-16(4-8-18)24-12-14(22)10-20;13-9-1-5-11(6-2-9)15-12-7-3-10(14)4-8-12;4-1-3-2-5-3;3-1-2-4;2-1(3)4;/h1-8,17-18,23-26H,9-16H2;1-8,21-22,25-28H,9-16H2;1-8,13-14,21-22H,9-12H2;1-8,13-14H;3H,1-2H2;3-4H,1-2H2;(H4,2,3,4);1H4. The third-order valence-corrected chi connectivity index (χ3v) is 26.0. The molecule has 1 heterocycles. The topological polar surface area (TPSA) is 302 Å². The molecule has 1 fully saturated rings. The minimum Gasteiger partial charge on any atom is -0.508 e. The monoisotopic (exact) mass is 1920 g/mol. The van der Waals surface area contributed by atoms with Gasteiger partial charge in [-0.25, -0.2) is 0 Å². The number of phenolic OH excluding ortho intramolecular Hbond substituents is 2. The van der Waals surface area contributed by atoms with Crippen LogP contribution in [-0.2, 0) is 4.74 Å². The summed E-state index contributed by atoms with van der Waals surface area (Å²) in [7, 11) is 0. The molecule has 8 aromatic carbocycles. The molecule has 8 aromatic rings. The average molecular weight is 1920 g/mol. The highest BCUT2D eigenvalue weighted by molar-refractivity contribution is 8.02. The quantitative estimate of drug-likeness (QED) is 0.00554. The molecule has 1 aliphatic rings. The molecule has 0 aromatic heterocycles. The van der Waals surface area contributed by atoms with Crippen molar-refractivity contribution in [3.05, 3.63) is 194 Å². The lowest BCUT2D eigenvalue weighted by Gasteiger charge is -2.15. The van der Waals surface area contributed by atoms with E-state index in [0.29, 0.717) is 87.5 Å². The summed E-state index contributed by atoms with van der Waals surface area (Å²) in [6, 6.07) is 61.1. The van der Waals surface area contributed by atoms with E-state index in [4.69, 9.17) is 93.5 Å². The molecule has 0 radical (unpaired) electrons. The lowest BCUT2D eigenvalue weighted by molar-refractivity contribution is 0.125. The van der Waals surface area contributed by atoms with Crippen molar-refractivity contribution in [2.45, 2.75) is 87.6 Å². The smallest absolute Gasteiger partial charge is 0.160 e. The number of hydrogen-bond acceptors (Lipinski definition) is 30. The third-order valence-electron chi connectivity index (χ3n) is 13.6. The van der Waals surface area contributed by atoms with Crippen molar-refractivity contribution < 1.29 is 79.1 Å². The predicted octanol–water partition coefficient (Wildman–Crippen LogP) is 16.7. The highest BCUT2D eigenvalue weighted by atomic mass is 35.5. The second-order valence-electron chi connectivity index (χ2n) is 23.4. The van der Waals surface area contributed by atoms with Crippen LogP contribution >= 0.6 is 204 Å². The Morgan fingerprint density at radius 2 is 0.612 bits per heavy atom. The number of aromatic hydroxyl groups is 2. The molecule has 1 saturated heterocycles. The molecule has 116 heavy (non-hydrogen) atoms. The number of thiol groups is 5. The molecule has 1 aliphatic heterocycles. The highest BCUT2D eigenvalue weighted by Crippen LogP contribution is 2.35. The van der Waals surface area contributed by atoms with Gasteiger partial charge in [0.25, 0.3) is 0 Å². The fraction of sp³-hybridized carbons (Fsp3) is 0.395. The van der Waals surface area contributed by atoms with Crippen LogP contribution in [0.1, 0.15) is 7.43 Å². The van der Waals surface area contributed by atoms with Gasteiger partial charge in [0, 0.05) is 101 Å². The van der Waals surface area contributed by atoms with Gasteiger partial charge in [-0.15, -0.1) is 34.8 Å². The van der Waals surface area contributed by atoms with Crippen LogP contribution in [0.4, 0.5) is 0 Å². The van der Waals surface area contributed by atoms with Crippen molar-refractivity contribution >= 4 is 209 Å². The van der Waals surface area contributed by atoms with Gasteiger partial charge in [-0.2, -0.15) is 110 Å². The van der Waals surface area contributed by atoms with Crippen molar-refractivity contribution in [1.82, 2.24) is 0 Å². The maximum Gasteiger partial charge on any atom is 0.160 e. The molecule has 9 rings (SSSR count). The summed E-state index contributed by atoms with van der Waals surface area (Å²) < 4.78 is 38.7. The zero-order chi connectivity index (χ0) is 84.1. The zero-order valence-corrected chi connectivity index (χ0v) is 77.2. The van der Waals surface area contributed by atoms with Gasteiger partial charge in [-0.1, -0.05) is 54.5 Å². The third kappa shape index (κ3) is 55.9. The highest BCUT2D eigenvalue weighted by Gasteiger charge is 2.20. The van der Waals surface area contributed by atoms with Gasteiger partial charge in [0.05, 0.1) is 62.4 Å². The number of alkyl halides is 3. The second-order valence-corrected chi connectivity index (χ2v) is 36.5. The molecular formula is C81H109Cl3N2O16S14. The Bertz CT molecular complexity index is 3450. The van der Waals surface area contributed by atoms with E-state index in [1.165, 1.54) is 33.3 Å². The van der Waals surface area contributed by atoms with Gasteiger partial charge in [0.2, 0.25) is 0 Å². The molecular weight excluding hydrogens is 1810 g/mol. The number of ether oxygens (including phenoxy) is 7. The van der Waals surface area contributed by atoms with Crippen LogP contribution < -0.4 is 39.9 Å². The summed E-state index contributed by atoms with van der Waals surface area (Å²) in [5, 5.41) is 82.8. The Kier molecular flexibility index (Phi) is 66.1. The Balaban J connectivity index is 0.000000505. The summed E-state index contributed by atoms with van der Waals surface area (Å²) in [6.45, 7) is 3.41. The van der Waals surface area contributed by atoms with Crippen molar-refractivity contribution in [3.8, 4) is 46.0 Å². The Morgan fingerprint density at radius 1 is 0.388 bits per heavy atom. The van der Waals surface area contributed by atoms with Crippen LogP contribution in [0.25, 0.3) is 0 Å². The van der Waals surface area contributed by atoms with E-state index in [2.05, 4.69) is 111 Å². The summed E-state index contributed by atoms with van der Waals surface area (Å²) in [4.78, 5) is 8.72. The number of hydrogen-bond donors (Lipinski definition) is 16. The maximum absolute atomic E-state index is 9.86.